The molecule has 4 nitrogen and oxygen atoms in total. The molecule has 2 aromatic heterocycles. The molecule has 0 saturated carbocycles. The van der Waals surface area contributed by atoms with E-state index in [0.29, 0.717) is 12.5 Å². The Labute approximate surface area is 136 Å². The van der Waals surface area contributed by atoms with Gasteiger partial charge in [0, 0.05) is 18.0 Å². The Bertz CT molecular complexity index is 661. The van der Waals surface area contributed by atoms with E-state index in [1.165, 1.54) is 4.88 Å². The molecule has 1 aliphatic heterocycles. The molecule has 2 aromatic rings. The van der Waals surface area contributed by atoms with Crippen molar-refractivity contribution in [1.82, 2.24) is 9.97 Å². The predicted octanol–water partition coefficient (Wildman–Crippen LogP) is 3.49. The van der Waals surface area contributed by atoms with Crippen LogP contribution in [0.15, 0.2) is 12.4 Å². The Morgan fingerprint density at radius 3 is 2.77 bits per heavy atom. The molecule has 0 aromatic carbocycles. The van der Waals surface area contributed by atoms with Gasteiger partial charge in [0.1, 0.15) is 17.0 Å². The minimum atomic E-state index is -0.303. The van der Waals surface area contributed by atoms with E-state index in [2.05, 4.69) is 48.6 Å². The number of aromatic nitrogens is 2. The van der Waals surface area contributed by atoms with Gasteiger partial charge in [0.05, 0.1) is 11.5 Å². The van der Waals surface area contributed by atoms with Crippen molar-refractivity contribution in [3.8, 4) is 0 Å². The van der Waals surface area contributed by atoms with Gasteiger partial charge in [0.25, 0.3) is 0 Å². The van der Waals surface area contributed by atoms with Crippen LogP contribution in [0.3, 0.4) is 0 Å². The van der Waals surface area contributed by atoms with Crippen LogP contribution in [0, 0.1) is 11.3 Å². The molecule has 3 heterocycles. The Morgan fingerprint density at radius 2 is 2.14 bits per heavy atom. The first-order valence-corrected chi connectivity index (χ1v) is 8.88. The van der Waals surface area contributed by atoms with Gasteiger partial charge in [-0.1, -0.05) is 27.7 Å². The molecule has 0 unspecified atom stereocenters. The lowest BCUT2D eigenvalue weighted by molar-refractivity contribution is 0.0292. The van der Waals surface area contributed by atoms with Crippen molar-refractivity contribution < 1.29 is 5.11 Å². The zero-order valence-corrected chi connectivity index (χ0v) is 14.7. The summed E-state index contributed by atoms with van der Waals surface area (Å²) >= 11 is 1.74. The van der Waals surface area contributed by atoms with E-state index >= 15 is 0 Å². The number of nitrogens with zero attached hydrogens (tertiary/aromatic N) is 3. The number of hydrogen-bond acceptors (Lipinski definition) is 5. The van der Waals surface area contributed by atoms with Crippen molar-refractivity contribution in [1.29, 1.82) is 0 Å². The fraction of sp³-hybridized carbons (Fsp3) is 0.647. The molecule has 0 spiro atoms. The highest BCUT2D eigenvalue weighted by Crippen LogP contribution is 2.37. The maximum Gasteiger partial charge on any atom is 0.140 e. The predicted molar refractivity (Wildman–Crippen MR) is 92.6 cm³/mol. The second-order valence-electron chi connectivity index (χ2n) is 7.26. The lowest BCUT2D eigenvalue weighted by Crippen LogP contribution is -2.48. The number of fused-ring (bicyclic) bond motifs is 1. The second-order valence-corrected chi connectivity index (χ2v) is 8.37. The van der Waals surface area contributed by atoms with Crippen molar-refractivity contribution in [2.24, 2.45) is 11.3 Å². The molecule has 3 rings (SSSR count). The van der Waals surface area contributed by atoms with Gasteiger partial charge in [-0.2, -0.15) is 0 Å². The molecule has 0 aliphatic carbocycles. The summed E-state index contributed by atoms with van der Waals surface area (Å²) < 4.78 is 0. The molecule has 2 atom stereocenters. The number of anilines is 1. The summed E-state index contributed by atoms with van der Waals surface area (Å²) in [5, 5.41) is 11.7. The third kappa shape index (κ3) is 2.84. The maximum atomic E-state index is 10.6. The molecule has 0 amide bonds. The molecule has 1 aliphatic rings. The Kier molecular flexibility index (Phi) is 4.12. The van der Waals surface area contributed by atoms with Crippen molar-refractivity contribution in [3.63, 3.8) is 0 Å². The van der Waals surface area contributed by atoms with Crippen LogP contribution in [-0.2, 0) is 6.42 Å². The van der Waals surface area contributed by atoms with E-state index < -0.39 is 0 Å². The van der Waals surface area contributed by atoms with Gasteiger partial charge >= 0.3 is 0 Å². The number of aliphatic hydroxyl groups is 1. The van der Waals surface area contributed by atoms with Crippen LogP contribution in [0.25, 0.3) is 10.2 Å². The summed E-state index contributed by atoms with van der Waals surface area (Å²) in [6, 6.07) is 2.21. The summed E-state index contributed by atoms with van der Waals surface area (Å²) in [6.45, 7) is 10.4. The number of rotatable bonds is 2. The van der Waals surface area contributed by atoms with Crippen LogP contribution in [0.5, 0.6) is 0 Å². The van der Waals surface area contributed by atoms with Crippen molar-refractivity contribution in [3.05, 3.63) is 17.3 Å². The quantitative estimate of drug-likeness (QED) is 0.920. The molecule has 1 N–H and O–H groups in total. The first-order chi connectivity index (χ1) is 10.4. The molecule has 5 heteroatoms. The van der Waals surface area contributed by atoms with E-state index in [4.69, 9.17) is 0 Å². The van der Waals surface area contributed by atoms with Crippen LogP contribution >= 0.6 is 11.3 Å². The minimum absolute atomic E-state index is 0.143. The Hall–Kier alpha value is -1.20. The lowest BCUT2D eigenvalue weighted by atomic mass is 9.73. The molecule has 22 heavy (non-hydrogen) atoms. The first-order valence-electron chi connectivity index (χ1n) is 8.06. The van der Waals surface area contributed by atoms with Gasteiger partial charge in [0.15, 0.2) is 0 Å². The standard InChI is InChI=1S/C17H25N3OS/c1-5-11-8-12-15(18-10-19-16(12)22-11)20-7-6-13(14(21)9-20)17(2,3)4/h8,10,13-14,21H,5-7,9H2,1-4H3/t13-,14+/m0/s1. The van der Waals surface area contributed by atoms with Gasteiger partial charge < -0.3 is 10.0 Å². The summed E-state index contributed by atoms with van der Waals surface area (Å²) in [5.41, 5.74) is 0.143. The number of aryl methyl sites for hydroxylation is 1. The van der Waals surface area contributed by atoms with Crippen LogP contribution in [-0.4, -0.2) is 34.3 Å². The number of hydrogen-bond donors (Lipinski definition) is 1. The first kappa shape index (κ1) is 15.7. The second kappa shape index (κ2) is 5.78. The highest BCUT2D eigenvalue weighted by molar-refractivity contribution is 7.18. The van der Waals surface area contributed by atoms with E-state index in [0.717, 1.165) is 35.4 Å². The average Bonchev–Trinajstić information content (AvgIpc) is 2.88. The number of thiophene rings is 1. The van der Waals surface area contributed by atoms with Crippen LogP contribution in [0.1, 0.15) is 39.0 Å². The van der Waals surface area contributed by atoms with E-state index in [1.807, 2.05) is 0 Å². The Balaban J connectivity index is 1.88. The van der Waals surface area contributed by atoms with E-state index in [1.54, 1.807) is 17.7 Å². The normalized spacial score (nSPS) is 23.2. The number of piperidine rings is 1. The average molecular weight is 319 g/mol. The lowest BCUT2D eigenvalue weighted by Gasteiger charge is -2.42. The van der Waals surface area contributed by atoms with Crippen molar-refractivity contribution in [2.45, 2.75) is 46.6 Å². The molecular formula is C17H25N3OS. The molecule has 1 saturated heterocycles. The molecule has 0 bridgehead atoms. The highest BCUT2D eigenvalue weighted by atomic mass is 32.1. The summed E-state index contributed by atoms with van der Waals surface area (Å²) in [4.78, 5) is 13.5. The van der Waals surface area contributed by atoms with Gasteiger partial charge in [-0.15, -0.1) is 11.3 Å². The van der Waals surface area contributed by atoms with Crippen LogP contribution in [0.2, 0.25) is 0 Å². The summed E-state index contributed by atoms with van der Waals surface area (Å²) in [5.74, 6) is 1.32. The maximum absolute atomic E-state index is 10.6. The molecular weight excluding hydrogens is 294 g/mol. The van der Waals surface area contributed by atoms with E-state index in [-0.39, 0.29) is 11.5 Å². The molecule has 0 radical (unpaired) electrons. The van der Waals surface area contributed by atoms with Gasteiger partial charge in [-0.3, -0.25) is 0 Å². The topological polar surface area (TPSA) is 49.2 Å². The summed E-state index contributed by atoms with van der Waals surface area (Å²) in [6.07, 6.45) is 3.37. The largest absolute Gasteiger partial charge is 0.391 e. The molecule has 1 fully saturated rings. The molecule has 120 valence electrons. The fourth-order valence-corrected chi connectivity index (χ4v) is 4.38. The van der Waals surface area contributed by atoms with Crippen LogP contribution < -0.4 is 4.90 Å². The zero-order chi connectivity index (χ0) is 15.9. The van der Waals surface area contributed by atoms with Crippen molar-refractivity contribution >= 4 is 27.4 Å². The highest BCUT2D eigenvalue weighted by Gasteiger charge is 2.36. The van der Waals surface area contributed by atoms with Crippen molar-refractivity contribution in [2.75, 3.05) is 18.0 Å². The third-order valence-corrected chi connectivity index (χ3v) is 5.89. The van der Waals surface area contributed by atoms with Gasteiger partial charge in [-0.25, -0.2) is 9.97 Å². The number of β-amino-alcohol motifs (C(OH)–C–C–N with tert-alkyl or cyclic N) is 1. The third-order valence-electron chi connectivity index (χ3n) is 4.70. The smallest absolute Gasteiger partial charge is 0.140 e. The summed E-state index contributed by atoms with van der Waals surface area (Å²) in [7, 11) is 0. The van der Waals surface area contributed by atoms with Gasteiger partial charge in [-0.05, 0) is 30.2 Å². The Morgan fingerprint density at radius 1 is 1.36 bits per heavy atom. The SMILES string of the molecule is CCc1cc2c(N3CC[C@H](C(C)(C)C)[C@H](O)C3)ncnc2s1. The monoisotopic (exact) mass is 319 g/mol. The minimum Gasteiger partial charge on any atom is -0.391 e. The zero-order valence-electron chi connectivity index (χ0n) is 13.8. The number of aliphatic hydroxyl groups excluding tert-OH is 1. The fourth-order valence-electron chi connectivity index (χ4n) is 3.45. The van der Waals surface area contributed by atoms with E-state index in [9.17, 15) is 5.11 Å². The van der Waals surface area contributed by atoms with Crippen LogP contribution in [0.4, 0.5) is 5.82 Å². The van der Waals surface area contributed by atoms with Gasteiger partial charge in [0.2, 0.25) is 0 Å².